The Labute approximate surface area is 142 Å². The Hall–Kier alpha value is -1.06. The van der Waals surface area contributed by atoms with E-state index in [-0.39, 0.29) is 6.29 Å². The lowest BCUT2D eigenvalue weighted by molar-refractivity contribution is -0.116. The summed E-state index contributed by atoms with van der Waals surface area (Å²) in [6.45, 7) is 7.95. The largest absolute Gasteiger partial charge is 0.462 e. The first kappa shape index (κ1) is 20.0. The van der Waals surface area contributed by atoms with Crippen molar-refractivity contribution >= 4 is 0 Å². The van der Waals surface area contributed by atoms with Crippen LogP contribution < -0.4 is 4.74 Å². The van der Waals surface area contributed by atoms with Gasteiger partial charge in [-0.2, -0.15) is 0 Å². The molecule has 1 rings (SSSR count). The molecule has 0 amide bonds. The fraction of sp³-hybridized carbons (Fsp3) is 0.700. The van der Waals surface area contributed by atoms with Gasteiger partial charge in [-0.3, -0.25) is 0 Å². The van der Waals surface area contributed by atoms with Crippen LogP contribution in [0, 0.1) is 0 Å². The SMILES string of the molecule is CCCCCCCCc1ccc(OC(COCC)OCC)cc1. The molecule has 1 aromatic rings. The molecule has 0 fully saturated rings. The molecule has 0 heterocycles. The molecule has 1 unspecified atom stereocenters. The third-order valence-electron chi connectivity index (χ3n) is 3.82. The number of rotatable bonds is 14. The monoisotopic (exact) mass is 322 g/mol. The highest BCUT2D eigenvalue weighted by molar-refractivity contribution is 5.27. The number of ether oxygens (including phenoxy) is 3. The first-order valence-corrected chi connectivity index (χ1v) is 9.25. The average molecular weight is 322 g/mol. The first-order chi connectivity index (χ1) is 11.3. The molecule has 0 aliphatic rings. The van der Waals surface area contributed by atoms with E-state index in [9.17, 15) is 0 Å². The van der Waals surface area contributed by atoms with Crippen LogP contribution >= 0.6 is 0 Å². The molecule has 0 saturated heterocycles. The van der Waals surface area contributed by atoms with Gasteiger partial charge in [0, 0.05) is 13.2 Å². The maximum absolute atomic E-state index is 5.83. The third-order valence-corrected chi connectivity index (χ3v) is 3.82. The lowest BCUT2D eigenvalue weighted by Gasteiger charge is -2.18. The lowest BCUT2D eigenvalue weighted by Crippen LogP contribution is -2.26. The predicted octanol–water partition coefficient (Wildman–Crippen LogP) is 5.37. The second-order valence-corrected chi connectivity index (χ2v) is 5.82. The summed E-state index contributed by atoms with van der Waals surface area (Å²) >= 11 is 0. The molecule has 0 spiro atoms. The number of aryl methyl sites for hydroxylation is 1. The van der Waals surface area contributed by atoms with Crippen molar-refractivity contribution in [2.75, 3.05) is 19.8 Å². The third kappa shape index (κ3) is 9.62. The average Bonchev–Trinajstić information content (AvgIpc) is 2.57. The molecule has 23 heavy (non-hydrogen) atoms. The van der Waals surface area contributed by atoms with Gasteiger partial charge in [0.15, 0.2) is 0 Å². The molecule has 1 atom stereocenters. The van der Waals surface area contributed by atoms with Gasteiger partial charge in [0.05, 0.1) is 0 Å². The Balaban J connectivity index is 2.31. The summed E-state index contributed by atoms with van der Waals surface area (Å²) in [6, 6.07) is 8.38. The molecule has 0 N–H and O–H groups in total. The van der Waals surface area contributed by atoms with Gasteiger partial charge in [-0.05, 0) is 44.4 Å². The van der Waals surface area contributed by atoms with E-state index >= 15 is 0 Å². The molecule has 0 aromatic heterocycles. The number of unbranched alkanes of at least 4 members (excludes halogenated alkanes) is 5. The summed E-state index contributed by atoms with van der Waals surface area (Å²) in [5.41, 5.74) is 1.38. The second-order valence-electron chi connectivity index (χ2n) is 5.82. The Morgan fingerprint density at radius 2 is 1.52 bits per heavy atom. The van der Waals surface area contributed by atoms with E-state index in [1.165, 1.54) is 44.1 Å². The van der Waals surface area contributed by atoms with Crippen LogP contribution in [0.15, 0.2) is 24.3 Å². The van der Waals surface area contributed by atoms with E-state index in [4.69, 9.17) is 14.2 Å². The molecule has 1 aromatic carbocycles. The van der Waals surface area contributed by atoms with Crippen LogP contribution in [0.3, 0.4) is 0 Å². The fourth-order valence-electron chi connectivity index (χ4n) is 2.51. The number of benzene rings is 1. The van der Waals surface area contributed by atoms with Crippen LogP contribution in [0.2, 0.25) is 0 Å². The van der Waals surface area contributed by atoms with Crippen molar-refractivity contribution in [3.05, 3.63) is 29.8 Å². The standard InChI is InChI=1S/C20H34O3/c1-4-7-8-9-10-11-12-18-13-15-19(16-14-18)23-20(22-6-3)17-21-5-2/h13-16,20H,4-12,17H2,1-3H3. The highest BCUT2D eigenvalue weighted by Crippen LogP contribution is 2.17. The smallest absolute Gasteiger partial charge is 0.223 e. The Bertz CT molecular complexity index is 375. The van der Waals surface area contributed by atoms with E-state index in [0.29, 0.717) is 19.8 Å². The normalized spacial score (nSPS) is 12.3. The van der Waals surface area contributed by atoms with Crippen LogP contribution in [-0.2, 0) is 15.9 Å². The second kappa shape index (κ2) is 13.4. The van der Waals surface area contributed by atoms with E-state index in [0.717, 1.165) is 12.2 Å². The van der Waals surface area contributed by atoms with Gasteiger partial charge in [0.2, 0.25) is 6.29 Å². The Kier molecular flexibility index (Phi) is 11.6. The Morgan fingerprint density at radius 1 is 0.826 bits per heavy atom. The van der Waals surface area contributed by atoms with Crippen molar-refractivity contribution in [2.24, 2.45) is 0 Å². The molecule has 0 saturated carbocycles. The van der Waals surface area contributed by atoms with E-state index in [2.05, 4.69) is 19.1 Å². The first-order valence-electron chi connectivity index (χ1n) is 9.25. The van der Waals surface area contributed by atoms with Gasteiger partial charge in [0.25, 0.3) is 0 Å². The minimum atomic E-state index is -0.329. The molecule has 3 nitrogen and oxygen atoms in total. The topological polar surface area (TPSA) is 27.7 Å². The van der Waals surface area contributed by atoms with Crippen molar-refractivity contribution in [3.8, 4) is 5.75 Å². The minimum Gasteiger partial charge on any atom is -0.462 e. The summed E-state index contributed by atoms with van der Waals surface area (Å²) in [5, 5.41) is 0. The quantitative estimate of drug-likeness (QED) is 0.340. The van der Waals surface area contributed by atoms with Crippen molar-refractivity contribution in [1.82, 2.24) is 0 Å². The van der Waals surface area contributed by atoms with Crippen LogP contribution in [0.4, 0.5) is 0 Å². The molecule has 0 aliphatic heterocycles. The number of hydrogen-bond acceptors (Lipinski definition) is 3. The van der Waals surface area contributed by atoms with Crippen LogP contribution in [0.5, 0.6) is 5.75 Å². The molecular formula is C20H34O3. The summed E-state index contributed by atoms with van der Waals surface area (Å²) in [4.78, 5) is 0. The van der Waals surface area contributed by atoms with E-state index < -0.39 is 0 Å². The van der Waals surface area contributed by atoms with Gasteiger partial charge in [0.1, 0.15) is 12.4 Å². The summed E-state index contributed by atoms with van der Waals surface area (Å²) in [5.74, 6) is 0.842. The van der Waals surface area contributed by atoms with Gasteiger partial charge in [-0.1, -0.05) is 51.2 Å². The summed E-state index contributed by atoms with van der Waals surface area (Å²) in [6.07, 6.45) is 8.85. The fourth-order valence-corrected chi connectivity index (χ4v) is 2.51. The van der Waals surface area contributed by atoms with Crippen molar-refractivity contribution in [2.45, 2.75) is 72.0 Å². The predicted molar refractivity (Wildman–Crippen MR) is 96.1 cm³/mol. The van der Waals surface area contributed by atoms with Crippen LogP contribution in [0.1, 0.15) is 64.9 Å². The lowest BCUT2D eigenvalue weighted by atomic mass is 10.0. The van der Waals surface area contributed by atoms with Crippen LogP contribution in [0.25, 0.3) is 0 Å². The zero-order chi connectivity index (χ0) is 16.8. The van der Waals surface area contributed by atoms with Gasteiger partial charge < -0.3 is 14.2 Å². The molecule has 0 radical (unpaired) electrons. The Morgan fingerprint density at radius 3 is 2.17 bits per heavy atom. The van der Waals surface area contributed by atoms with Crippen molar-refractivity contribution in [1.29, 1.82) is 0 Å². The van der Waals surface area contributed by atoms with E-state index in [1.54, 1.807) is 0 Å². The van der Waals surface area contributed by atoms with Gasteiger partial charge in [-0.25, -0.2) is 0 Å². The zero-order valence-corrected chi connectivity index (χ0v) is 15.2. The summed E-state index contributed by atoms with van der Waals surface area (Å²) < 4.78 is 16.8. The zero-order valence-electron chi connectivity index (χ0n) is 15.2. The van der Waals surface area contributed by atoms with Gasteiger partial charge in [-0.15, -0.1) is 0 Å². The molecular weight excluding hydrogens is 288 g/mol. The van der Waals surface area contributed by atoms with Crippen molar-refractivity contribution in [3.63, 3.8) is 0 Å². The maximum Gasteiger partial charge on any atom is 0.223 e. The maximum atomic E-state index is 5.83. The molecule has 0 aliphatic carbocycles. The highest BCUT2D eigenvalue weighted by atomic mass is 16.7. The molecule has 132 valence electrons. The highest BCUT2D eigenvalue weighted by Gasteiger charge is 2.10. The summed E-state index contributed by atoms with van der Waals surface area (Å²) in [7, 11) is 0. The molecule has 0 bridgehead atoms. The van der Waals surface area contributed by atoms with Crippen LogP contribution in [-0.4, -0.2) is 26.1 Å². The van der Waals surface area contributed by atoms with E-state index in [1.807, 2.05) is 26.0 Å². The van der Waals surface area contributed by atoms with Crippen molar-refractivity contribution < 1.29 is 14.2 Å². The number of hydrogen-bond donors (Lipinski definition) is 0. The van der Waals surface area contributed by atoms with Gasteiger partial charge >= 0.3 is 0 Å². The molecule has 3 heteroatoms. The minimum absolute atomic E-state index is 0.329.